The minimum absolute atomic E-state index is 0.0120. The van der Waals surface area contributed by atoms with Crippen molar-refractivity contribution in [3.05, 3.63) is 53.6 Å². The van der Waals surface area contributed by atoms with Gasteiger partial charge < -0.3 is 20.1 Å². The molecule has 1 fully saturated rings. The molecule has 4 rings (SSSR count). The second kappa shape index (κ2) is 8.75. The Labute approximate surface area is 176 Å². The number of aryl methyl sites for hydroxylation is 1. The number of fused-ring (bicyclic) bond motifs is 1. The number of carboxylic acids is 1. The molecule has 0 radical (unpaired) electrons. The number of ether oxygens (including phenoxy) is 1. The van der Waals surface area contributed by atoms with Crippen LogP contribution in [0.2, 0.25) is 0 Å². The summed E-state index contributed by atoms with van der Waals surface area (Å²) in [5.41, 5.74) is 3.68. The Morgan fingerprint density at radius 3 is 2.63 bits per heavy atom. The van der Waals surface area contributed by atoms with E-state index in [2.05, 4.69) is 21.2 Å². The first-order chi connectivity index (χ1) is 14.5. The number of piperazine rings is 1. The molecule has 0 aliphatic carbocycles. The molecule has 2 aromatic rings. The summed E-state index contributed by atoms with van der Waals surface area (Å²) in [7, 11) is 1.68. The number of carboxylic acid groups (broad SMARTS) is 1. The van der Waals surface area contributed by atoms with Gasteiger partial charge in [0.25, 0.3) is 0 Å². The predicted molar refractivity (Wildman–Crippen MR) is 115 cm³/mol. The zero-order chi connectivity index (χ0) is 21.1. The summed E-state index contributed by atoms with van der Waals surface area (Å²) in [6, 6.07) is 13.6. The van der Waals surface area contributed by atoms with E-state index in [0.717, 1.165) is 54.4 Å². The van der Waals surface area contributed by atoms with Crippen LogP contribution in [0.15, 0.2) is 42.5 Å². The highest BCUT2D eigenvalue weighted by Gasteiger charge is 2.27. The first-order valence-electron chi connectivity index (χ1n) is 10.3. The number of nitrogens with one attached hydrogen (secondary N) is 1. The summed E-state index contributed by atoms with van der Waals surface area (Å²) in [6.07, 6.45) is 1.10. The number of anilines is 2. The number of benzene rings is 2. The van der Waals surface area contributed by atoms with E-state index in [9.17, 15) is 14.7 Å². The number of hydrogen-bond acceptors (Lipinski definition) is 5. The molecule has 2 heterocycles. The maximum atomic E-state index is 12.0. The zero-order valence-electron chi connectivity index (χ0n) is 17.1. The van der Waals surface area contributed by atoms with Gasteiger partial charge in [-0.2, -0.15) is 0 Å². The van der Waals surface area contributed by atoms with E-state index >= 15 is 0 Å². The SMILES string of the molecule is COc1ccccc1N1CCN(CC(C(=O)O)c2ccc3c(c2)CCC(=O)N3)CC1. The number of nitrogens with zero attached hydrogens (tertiary/aromatic N) is 2. The van der Waals surface area contributed by atoms with E-state index in [4.69, 9.17) is 4.74 Å². The largest absolute Gasteiger partial charge is 0.495 e. The second-order valence-corrected chi connectivity index (χ2v) is 7.82. The van der Waals surface area contributed by atoms with Crippen LogP contribution in [-0.2, 0) is 16.0 Å². The van der Waals surface area contributed by atoms with Gasteiger partial charge >= 0.3 is 5.97 Å². The fourth-order valence-electron chi connectivity index (χ4n) is 4.27. The highest BCUT2D eigenvalue weighted by Crippen LogP contribution is 2.30. The average molecular weight is 409 g/mol. The van der Waals surface area contributed by atoms with Crippen molar-refractivity contribution in [2.75, 3.05) is 50.1 Å². The summed E-state index contributed by atoms with van der Waals surface area (Å²) >= 11 is 0. The number of amides is 1. The van der Waals surface area contributed by atoms with Crippen LogP contribution in [0.4, 0.5) is 11.4 Å². The van der Waals surface area contributed by atoms with Crippen LogP contribution in [-0.4, -0.2) is 61.7 Å². The zero-order valence-corrected chi connectivity index (χ0v) is 17.1. The molecule has 2 aromatic carbocycles. The maximum absolute atomic E-state index is 12.0. The van der Waals surface area contributed by atoms with Crippen LogP contribution >= 0.6 is 0 Å². The molecule has 30 heavy (non-hydrogen) atoms. The lowest BCUT2D eigenvalue weighted by Crippen LogP contribution is -2.48. The number of carbonyl (C=O) groups is 2. The fraction of sp³-hybridized carbons (Fsp3) is 0.391. The number of para-hydroxylation sites is 2. The van der Waals surface area contributed by atoms with E-state index in [1.54, 1.807) is 7.11 Å². The quantitative estimate of drug-likeness (QED) is 0.763. The lowest BCUT2D eigenvalue weighted by molar-refractivity contribution is -0.139. The van der Waals surface area contributed by atoms with Crippen molar-refractivity contribution < 1.29 is 19.4 Å². The van der Waals surface area contributed by atoms with Crippen LogP contribution in [0.25, 0.3) is 0 Å². The molecule has 1 amide bonds. The molecule has 0 bridgehead atoms. The first kappa shape index (κ1) is 20.2. The summed E-state index contributed by atoms with van der Waals surface area (Å²) in [5.74, 6) is -0.541. The average Bonchev–Trinajstić information content (AvgIpc) is 2.77. The predicted octanol–water partition coefficient (Wildman–Crippen LogP) is 2.57. The number of methoxy groups -OCH3 is 1. The fourth-order valence-corrected chi connectivity index (χ4v) is 4.27. The van der Waals surface area contributed by atoms with Gasteiger partial charge in [-0.05, 0) is 35.7 Å². The standard InChI is InChI=1S/C23H27N3O4/c1-30-21-5-3-2-4-20(21)26-12-10-25(11-13-26)15-18(23(28)29)16-6-8-19-17(14-16)7-9-22(27)24-19/h2-6,8,14,18H,7,9-13,15H2,1H3,(H,24,27)(H,28,29). The van der Waals surface area contributed by atoms with Gasteiger partial charge in [0.1, 0.15) is 5.75 Å². The Morgan fingerprint density at radius 2 is 1.90 bits per heavy atom. The number of rotatable bonds is 6. The third-order valence-corrected chi connectivity index (χ3v) is 5.96. The maximum Gasteiger partial charge on any atom is 0.312 e. The highest BCUT2D eigenvalue weighted by atomic mass is 16.5. The van der Waals surface area contributed by atoms with Crippen molar-refractivity contribution in [3.63, 3.8) is 0 Å². The molecule has 0 spiro atoms. The van der Waals surface area contributed by atoms with E-state index in [0.29, 0.717) is 19.4 Å². The molecule has 158 valence electrons. The van der Waals surface area contributed by atoms with Crippen molar-refractivity contribution in [1.82, 2.24) is 4.90 Å². The molecular formula is C23H27N3O4. The summed E-state index contributed by atoms with van der Waals surface area (Å²) in [5, 5.41) is 12.7. The van der Waals surface area contributed by atoms with Gasteiger partial charge in [0.15, 0.2) is 0 Å². The van der Waals surface area contributed by atoms with Gasteiger partial charge in [-0.3, -0.25) is 14.5 Å². The van der Waals surface area contributed by atoms with Gasteiger partial charge in [0.05, 0.1) is 18.7 Å². The van der Waals surface area contributed by atoms with Crippen molar-refractivity contribution in [2.24, 2.45) is 0 Å². The van der Waals surface area contributed by atoms with Crippen LogP contribution in [0, 0.1) is 0 Å². The number of hydrogen-bond donors (Lipinski definition) is 2. The molecule has 1 unspecified atom stereocenters. The molecular weight excluding hydrogens is 382 g/mol. The molecule has 0 aromatic heterocycles. The second-order valence-electron chi connectivity index (χ2n) is 7.82. The minimum Gasteiger partial charge on any atom is -0.495 e. The molecule has 7 nitrogen and oxygen atoms in total. The van der Waals surface area contributed by atoms with Gasteiger partial charge in [0, 0.05) is 44.8 Å². The van der Waals surface area contributed by atoms with E-state index in [1.165, 1.54) is 0 Å². The van der Waals surface area contributed by atoms with Crippen LogP contribution in [0.3, 0.4) is 0 Å². The lowest BCUT2D eigenvalue weighted by Gasteiger charge is -2.37. The molecule has 2 N–H and O–H groups in total. The van der Waals surface area contributed by atoms with Crippen molar-refractivity contribution >= 4 is 23.3 Å². The summed E-state index contributed by atoms with van der Waals surface area (Å²) in [6.45, 7) is 3.71. The molecule has 1 atom stereocenters. The van der Waals surface area contributed by atoms with Crippen LogP contribution in [0.5, 0.6) is 5.75 Å². The Bertz CT molecular complexity index is 938. The third kappa shape index (κ3) is 4.26. The smallest absolute Gasteiger partial charge is 0.312 e. The Balaban J connectivity index is 1.43. The van der Waals surface area contributed by atoms with Crippen molar-refractivity contribution in [2.45, 2.75) is 18.8 Å². The van der Waals surface area contributed by atoms with Gasteiger partial charge in [0.2, 0.25) is 5.91 Å². The summed E-state index contributed by atoms with van der Waals surface area (Å²) in [4.78, 5) is 28.1. The lowest BCUT2D eigenvalue weighted by atomic mass is 9.93. The van der Waals surface area contributed by atoms with E-state index in [1.807, 2.05) is 36.4 Å². The van der Waals surface area contributed by atoms with Gasteiger partial charge in [-0.15, -0.1) is 0 Å². The first-order valence-corrected chi connectivity index (χ1v) is 10.3. The Hall–Kier alpha value is -3.06. The number of aliphatic carboxylic acids is 1. The Kier molecular flexibility index (Phi) is 5.90. The topological polar surface area (TPSA) is 82.1 Å². The van der Waals surface area contributed by atoms with E-state index in [-0.39, 0.29) is 5.91 Å². The monoisotopic (exact) mass is 409 g/mol. The third-order valence-electron chi connectivity index (χ3n) is 5.96. The Morgan fingerprint density at radius 1 is 1.13 bits per heavy atom. The minimum atomic E-state index is -0.818. The molecule has 2 aliphatic heterocycles. The highest BCUT2D eigenvalue weighted by molar-refractivity contribution is 5.94. The van der Waals surface area contributed by atoms with Gasteiger partial charge in [-0.1, -0.05) is 24.3 Å². The molecule has 0 saturated carbocycles. The normalized spacial score (nSPS) is 17.8. The van der Waals surface area contributed by atoms with Crippen molar-refractivity contribution in [3.8, 4) is 5.75 Å². The molecule has 2 aliphatic rings. The van der Waals surface area contributed by atoms with E-state index < -0.39 is 11.9 Å². The van der Waals surface area contributed by atoms with Crippen LogP contribution in [0.1, 0.15) is 23.5 Å². The summed E-state index contributed by atoms with van der Waals surface area (Å²) < 4.78 is 5.47. The molecule has 7 heteroatoms. The molecule has 1 saturated heterocycles. The van der Waals surface area contributed by atoms with Crippen molar-refractivity contribution in [1.29, 1.82) is 0 Å². The van der Waals surface area contributed by atoms with Gasteiger partial charge in [-0.25, -0.2) is 0 Å². The number of carbonyl (C=O) groups excluding carboxylic acids is 1. The van der Waals surface area contributed by atoms with Crippen LogP contribution < -0.4 is 15.0 Å².